The van der Waals surface area contributed by atoms with Crippen LogP contribution in [0.2, 0.25) is 5.02 Å². The van der Waals surface area contributed by atoms with Crippen LogP contribution in [0.4, 0.5) is 23.0 Å². The minimum absolute atomic E-state index is 0.0260. The summed E-state index contributed by atoms with van der Waals surface area (Å²) in [7, 11) is 0. The second kappa shape index (κ2) is 22.5. The Balaban J connectivity index is 0.713. The topological polar surface area (TPSA) is 235 Å². The minimum Gasteiger partial charge on any atom is -0.384 e. The molecule has 16 nitrogen and oxygen atoms in total. The SMILES string of the molecule is C[C@@H]1CCC2(CCN(c3cnc(Sc4cccc(NC(=O)CCC(=O)NCCCCCCCCCCCNc5cccc6c5C(=O)N(C5CCC(=O)NC5=O)C6=O)c4Cl)c(N)n3)CC2)[C@@H]1N. The lowest BCUT2D eigenvalue weighted by Gasteiger charge is -2.43. The van der Waals surface area contributed by atoms with Crippen LogP contribution < -0.4 is 37.6 Å². The Kier molecular flexibility index (Phi) is 16.6. The van der Waals surface area contributed by atoms with Gasteiger partial charge in [0.1, 0.15) is 16.9 Å². The number of amides is 6. The Labute approximate surface area is 395 Å². The molecular formula is C48H63ClN10O6S. The number of halogens is 1. The number of imide groups is 2. The van der Waals surface area contributed by atoms with E-state index in [0.717, 1.165) is 94.4 Å². The van der Waals surface area contributed by atoms with E-state index in [1.807, 2.05) is 6.07 Å². The van der Waals surface area contributed by atoms with E-state index in [9.17, 15) is 28.8 Å². The number of hydrogen-bond donors (Lipinski definition) is 6. The maximum absolute atomic E-state index is 13.3. The molecule has 1 saturated carbocycles. The summed E-state index contributed by atoms with van der Waals surface area (Å²) in [6.07, 6.45) is 15.9. The molecule has 4 heterocycles. The predicted molar refractivity (Wildman–Crippen MR) is 256 cm³/mol. The van der Waals surface area contributed by atoms with Crippen LogP contribution in [0.15, 0.2) is 52.5 Å². The summed E-state index contributed by atoms with van der Waals surface area (Å²) in [4.78, 5) is 88.8. The van der Waals surface area contributed by atoms with Crippen molar-refractivity contribution in [2.45, 2.75) is 138 Å². The Hall–Kier alpha value is -5.26. The van der Waals surface area contributed by atoms with E-state index in [0.29, 0.717) is 51.1 Å². The van der Waals surface area contributed by atoms with Gasteiger partial charge < -0.3 is 32.3 Å². The first kappa shape index (κ1) is 48.7. The molecule has 2 saturated heterocycles. The highest BCUT2D eigenvalue weighted by atomic mass is 35.5. The van der Waals surface area contributed by atoms with Gasteiger partial charge >= 0.3 is 0 Å². The third-order valence-corrected chi connectivity index (χ3v) is 15.3. The maximum atomic E-state index is 13.3. The van der Waals surface area contributed by atoms with Crippen LogP contribution in [0.25, 0.3) is 0 Å². The van der Waals surface area contributed by atoms with Crippen LogP contribution in [0.3, 0.4) is 0 Å². The standard InChI is InChI=1S/C48H63ClN10O6S/c1-30-21-22-48(42(30)50)23-27-58(28-24-48)36-29-54-45(43(51)56-36)66-35-16-12-15-33(41(35)49)55-38(61)20-19-37(60)53-26-10-8-6-4-2-3-5-7-9-25-52-32-14-11-13-31-40(32)47(65)59(46(31)64)34-17-18-39(62)57-44(34)63/h11-16,29-30,34,42,52H,2-10,17-28,50H2,1H3,(H2,51,56)(H,53,60)(H,55,61)(H,57,62,63)/t30-,34?,42-/m1/s1. The fourth-order valence-electron chi connectivity index (χ4n) is 9.76. The van der Waals surface area contributed by atoms with Crippen LogP contribution >= 0.6 is 23.4 Å². The number of piperidine rings is 2. The fourth-order valence-corrected chi connectivity index (χ4v) is 10.9. The summed E-state index contributed by atoms with van der Waals surface area (Å²) in [5.74, 6) is -0.888. The van der Waals surface area contributed by atoms with E-state index in [1.54, 1.807) is 36.5 Å². The highest BCUT2D eigenvalue weighted by Crippen LogP contribution is 2.48. The summed E-state index contributed by atoms with van der Waals surface area (Å²) in [5, 5.41) is 12.2. The number of unbranched alkanes of at least 4 members (excludes halogenated alkanes) is 8. The molecule has 354 valence electrons. The lowest BCUT2D eigenvalue weighted by molar-refractivity contribution is -0.136. The van der Waals surface area contributed by atoms with Gasteiger partial charge in [0.25, 0.3) is 11.8 Å². The molecule has 0 radical (unpaired) electrons. The second-order valence-corrected chi connectivity index (χ2v) is 19.6. The number of nitrogens with zero attached hydrogens (tertiary/aromatic N) is 4. The molecule has 3 fully saturated rings. The number of anilines is 4. The number of hydrogen-bond acceptors (Lipinski definition) is 13. The van der Waals surface area contributed by atoms with Gasteiger partial charge in [-0.15, -0.1) is 0 Å². The van der Waals surface area contributed by atoms with Crippen LogP contribution in [0.1, 0.15) is 137 Å². The first-order chi connectivity index (χ1) is 31.8. The molecule has 0 bridgehead atoms. The molecule has 1 spiro atoms. The smallest absolute Gasteiger partial charge is 0.264 e. The number of nitrogens with two attached hydrogens (primary N) is 2. The van der Waals surface area contributed by atoms with Crippen molar-refractivity contribution in [2.75, 3.05) is 47.4 Å². The van der Waals surface area contributed by atoms with E-state index in [-0.39, 0.29) is 60.1 Å². The quantitative estimate of drug-likeness (QED) is 0.0464. The molecule has 6 amide bonds. The number of nitrogen functional groups attached to an aromatic ring is 1. The molecule has 3 aromatic rings. The van der Waals surface area contributed by atoms with Crippen LogP contribution in [-0.4, -0.2) is 88.6 Å². The Morgan fingerprint density at radius 1 is 0.864 bits per heavy atom. The van der Waals surface area contributed by atoms with Crippen molar-refractivity contribution >= 4 is 81.8 Å². The van der Waals surface area contributed by atoms with Crippen LogP contribution in [0, 0.1) is 11.3 Å². The number of carbonyl (C=O) groups is 6. The second-order valence-electron chi connectivity index (χ2n) is 18.2. The molecule has 7 rings (SSSR count). The zero-order valence-corrected chi connectivity index (χ0v) is 39.4. The van der Waals surface area contributed by atoms with Gasteiger partial charge in [0.15, 0.2) is 5.82 Å². The monoisotopic (exact) mass is 942 g/mol. The molecule has 18 heteroatoms. The zero-order chi connectivity index (χ0) is 46.8. The van der Waals surface area contributed by atoms with E-state index < -0.39 is 29.7 Å². The summed E-state index contributed by atoms with van der Waals surface area (Å²) in [5.41, 5.74) is 14.8. The molecule has 3 atom stereocenters. The number of fused-ring (bicyclic) bond motifs is 1. The van der Waals surface area contributed by atoms with Gasteiger partial charge in [0, 0.05) is 62.1 Å². The third-order valence-electron chi connectivity index (χ3n) is 13.7. The van der Waals surface area contributed by atoms with Crippen molar-refractivity contribution in [1.29, 1.82) is 0 Å². The lowest BCUT2D eigenvalue weighted by atomic mass is 9.73. The average Bonchev–Trinajstić information content (AvgIpc) is 3.72. The Morgan fingerprint density at radius 3 is 2.21 bits per heavy atom. The minimum atomic E-state index is -0.988. The largest absolute Gasteiger partial charge is 0.384 e. The summed E-state index contributed by atoms with van der Waals surface area (Å²) >= 11 is 8.01. The van der Waals surface area contributed by atoms with Gasteiger partial charge in [-0.2, -0.15) is 0 Å². The number of nitrogens with one attached hydrogen (secondary N) is 4. The van der Waals surface area contributed by atoms with Gasteiger partial charge in [0.2, 0.25) is 23.6 Å². The van der Waals surface area contributed by atoms with E-state index in [2.05, 4.69) is 43.1 Å². The molecule has 8 N–H and O–H groups in total. The van der Waals surface area contributed by atoms with Crippen molar-refractivity contribution < 1.29 is 28.8 Å². The molecule has 1 aromatic heterocycles. The zero-order valence-electron chi connectivity index (χ0n) is 37.8. The van der Waals surface area contributed by atoms with Crippen molar-refractivity contribution in [3.05, 3.63) is 58.7 Å². The van der Waals surface area contributed by atoms with Crippen molar-refractivity contribution in [1.82, 2.24) is 25.5 Å². The highest BCUT2D eigenvalue weighted by molar-refractivity contribution is 7.99. The van der Waals surface area contributed by atoms with Crippen molar-refractivity contribution in [2.24, 2.45) is 17.1 Å². The number of carbonyl (C=O) groups excluding carboxylic acids is 6. The molecule has 1 aliphatic carbocycles. The molecule has 66 heavy (non-hydrogen) atoms. The normalized spacial score (nSPS) is 20.1. The summed E-state index contributed by atoms with van der Waals surface area (Å²) < 4.78 is 0. The van der Waals surface area contributed by atoms with E-state index in [4.69, 9.17) is 23.1 Å². The van der Waals surface area contributed by atoms with Crippen molar-refractivity contribution in [3.63, 3.8) is 0 Å². The maximum Gasteiger partial charge on any atom is 0.264 e. The Bertz CT molecular complexity index is 2290. The van der Waals surface area contributed by atoms with Gasteiger partial charge in [-0.25, -0.2) is 9.97 Å². The van der Waals surface area contributed by atoms with E-state index in [1.165, 1.54) is 24.6 Å². The van der Waals surface area contributed by atoms with Gasteiger partial charge in [-0.05, 0) is 80.5 Å². The van der Waals surface area contributed by atoms with E-state index >= 15 is 0 Å². The number of benzene rings is 2. The van der Waals surface area contributed by atoms with Gasteiger partial charge in [-0.3, -0.25) is 39.0 Å². The number of rotatable bonds is 21. The molecule has 3 aliphatic heterocycles. The lowest BCUT2D eigenvalue weighted by Crippen LogP contribution is -2.54. The van der Waals surface area contributed by atoms with Crippen molar-refractivity contribution in [3.8, 4) is 0 Å². The van der Waals surface area contributed by atoms with Gasteiger partial charge in [0.05, 0.1) is 28.0 Å². The Morgan fingerprint density at radius 2 is 1.53 bits per heavy atom. The summed E-state index contributed by atoms with van der Waals surface area (Å²) in [6, 6.07) is 9.70. The molecule has 4 aliphatic rings. The molecule has 1 unspecified atom stereocenters. The molecule has 2 aromatic carbocycles. The highest BCUT2D eigenvalue weighted by Gasteiger charge is 2.47. The summed E-state index contributed by atoms with van der Waals surface area (Å²) in [6.45, 7) is 5.22. The average molecular weight is 944 g/mol. The number of aromatic nitrogens is 2. The molecular weight excluding hydrogens is 880 g/mol. The fraction of sp³-hybridized carbons (Fsp3) is 0.542. The predicted octanol–water partition coefficient (Wildman–Crippen LogP) is 7.07. The first-order valence-electron chi connectivity index (χ1n) is 23.6. The third kappa shape index (κ3) is 11.6. The van der Waals surface area contributed by atoms with Gasteiger partial charge in [-0.1, -0.05) is 87.4 Å². The van der Waals surface area contributed by atoms with Crippen LogP contribution in [-0.2, 0) is 19.2 Å². The first-order valence-corrected chi connectivity index (χ1v) is 24.8. The van der Waals surface area contributed by atoms with Crippen LogP contribution in [0.5, 0.6) is 0 Å².